The summed E-state index contributed by atoms with van der Waals surface area (Å²) in [6, 6.07) is 8.13. The number of para-hydroxylation sites is 1. The van der Waals surface area contributed by atoms with Crippen LogP contribution in [0, 0.1) is 0 Å². The summed E-state index contributed by atoms with van der Waals surface area (Å²) in [4.78, 5) is 17.6. The molecule has 2 aromatic rings. The zero-order chi connectivity index (χ0) is 15.0. The molecule has 0 amide bonds. The van der Waals surface area contributed by atoms with Crippen LogP contribution >= 0.6 is 0 Å². The smallest absolute Gasteiger partial charge is 0.280 e. The molecule has 1 saturated heterocycles. The van der Waals surface area contributed by atoms with Crippen molar-refractivity contribution in [2.45, 2.75) is 52.0 Å². The molecular formula is C17H23N3O. The minimum atomic E-state index is 0.0725. The Labute approximate surface area is 125 Å². The maximum Gasteiger partial charge on any atom is 0.280 e. The van der Waals surface area contributed by atoms with Crippen LogP contribution in [0.3, 0.4) is 0 Å². The molecule has 0 saturated carbocycles. The third kappa shape index (κ3) is 2.55. The molecule has 0 bridgehead atoms. The summed E-state index contributed by atoms with van der Waals surface area (Å²) in [6.45, 7) is 7.37. The van der Waals surface area contributed by atoms with Gasteiger partial charge in [0.25, 0.3) is 5.56 Å². The Kier molecular flexibility index (Phi) is 3.70. The molecule has 1 aromatic heterocycles. The summed E-state index contributed by atoms with van der Waals surface area (Å²) < 4.78 is 1.83. The molecule has 2 heterocycles. The third-order valence-electron chi connectivity index (χ3n) is 4.13. The largest absolute Gasteiger partial charge is 0.301 e. The number of hydrogen-bond acceptors (Lipinski definition) is 3. The van der Waals surface area contributed by atoms with Crippen molar-refractivity contribution in [1.29, 1.82) is 0 Å². The van der Waals surface area contributed by atoms with E-state index < -0.39 is 0 Å². The highest BCUT2D eigenvalue weighted by atomic mass is 16.1. The number of benzene rings is 1. The Morgan fingerprint density at radius 1 is 1.33 bits per heavy atom. The van der Waals surface area contributed by atoms with Gasteiger partial charge in [-0.05, 0) is 18.6 Å². The summed E-state index contributed by atoms with van der Waals surface area (Å²) in [7, 11) is 0. The predicted octanol–water partition coefficient (Wildman–Crippen LogP) is 3.03. The molecular weight excluding hydrogens is 262 g/mol. The van der Waals surface area contributed by atoms with E-state index in [-0.39, 0.29) is 11.5 Å². The Morgan fingerprint density at radius 2 is 2.10 bits per heavy atom. The van der Waals surface area contributed by atoms with Crippen LogP contribution in [0.15, 0.2) is 29.1 Å². The van der Waals surface area contributed by atoms with Gasteiger partial charge in [-0.25, -0.2) is 9.66 Å². The first-order valence-electron chi connectivity index (χ1n) is 7.92. The van der Waals surface area contributed by atoms with Gasteiger partial charge in [-0.3, -0.25) is 4.79 Å². The minimum Gasteiger partial charge on any atom is -0.301 e. The second-order valence-corrected chi connectivity index (χ2v) is 6.18. The van der Waals surface area contributed by atoms with E-state index in [4.69, 9.17) is 4.98 Å². The maximum absolute atomic E-state index is 12.8. The Balaban J connectivity index is 2.06. The van der Waals surface area contributed by atoms with E-state index in [2.05, 4.69) is 25.8 Å². The topological polar surface area (TPSA) is 37.9 Å². The fourth-order valence-corrected chi connectivity index (χ4v) is 2.86. The molecule has 21 heavy (non-hydrogen) atoms. The zero-order valence-electron chi connectivity index (χ0n) is 13.0. The van der Waals surface area contributed by atoms with Crippen LogP contribution in [0.2, 0.25) is 0 Å². The van der Waals surface area contributed by atoms with Gasteiger partial charge >= 0.3 is 0 Å². The van der Waals surface area contributed by atoms with Gasteiger partial charge in [0.15, 0.2) is 0 Å². The van der Waals surface area contributed by atoms with Crippen LogP contribution in [0.5, 0.6) is 0 Å². The molecule has 1 atom stereocenters. The number of fused-ring (bicyclic) bond motifs is 1. The van der Waals surface area contributed by atoms with E-state index in [1.807, 2.05) is 28.9 Å². The molecule has 112 valence electrons. The van der Waals surface area contributed by atoms with E-state index >= 15 is 0 Å². The van der Waals surface area contributed by atoms with Gasteiger partial charge in [0.2, 0.25) is 0 Å². The molecule has 0 radical (unpaired) electrons. The molecule has 0 N–H and O–H groups in total. The van der Waals surface area contributed by atoms with Crippen LogP contribution in [-0.2, 0) is 0 Å². The van der Waals surface area contributed by atoms with Crippen molar-refractivity contribution in [2.24, 2.45) is 0 Å². The molecule has 1 fully saturated rings. The SMILES string of the molecule is CCCCC1CN1n1c(C(C)C)nc2ccccc2c1=O. The summed E-state index contributed by atoms with van der Waals surface area (Å²) >= 11 is 0. The highest BCUT2D eigenvalue weighted by Gasteiger charge is 2.36. The molecule has 3 rings (SSSR count). The van der Waals surface area contributed by atoms with E-state index in [1.54, 1.807) is 0 Å². The monoisotopic (exact) mass is 285 g/mol. The maximum atomic E-state index is 12.8. The summed E-state index contributed by atoms with van der Waals surface area (Å²) in [6.07, 6.45) is 3.58. The Morgan fingerprint density at radius 3 is 2.81 bits per heavy atom. The van der Waals surface area contributed by atoms with Crippen LogP contribution in [0.25, 0.3) is 10.9 Å². The molecule has 0 spiro atoms. The lowest BCUT2D eigenvalue weighted by molar-refractivity contribution is 0.613. The highest BCUT2D eigenvalue weighted by Crippen LogP contribution is 2.24. The number of hydrogen-bond donors (Lipinski definition) is 0. The molecule has 1 aliphatic heterocycles. The number of nitrogens with zero attached hydrogens (tertiary/aromatic N) is 3. The summed E-state index contributed by atoms with van der Waals surface area (Å²) in [5.74, 6) is 1.10. The quantitative estimate of drug-likeness (QED) is 0.793. The Hall–Kier alpha value is -1.84. The van der Waals surface area contributed by atoms with Gasteiger partial charge in [-0.15, -0.1) is 0 Å². The van der Waals surface area contributed by atoms with Crippen LogP contribution in [0.4, 0.5) is 0 Å². The van der Waals surface area contributed by atoms with Crippen molar-refractivity contribution >= 4 is 10.9 Å². The Bertz CT molecular complexity index is 705. The van der Waals surface area contributed by atoms with E-state index in [0.29, 0.717) is 11.4 Å². The van der Waals surface area contributed by atoms with Crippen molar-refractivity contribution in [2.75, 3.05) is 11.6 Å². The van der Waals surface area contributed by atoms with Crippen molar-refractivity contribution in [3.05, 3.63) is 40.4 Å². The first-order valence-corrected chi connectivity index (χ1v) is 7.92. The predicted molar refractivity (Wildman–Crippen MR) is 86.5 cm³/mol. The molecule has 1 unspecified atom stereocenters. The van der Waals surface area contributed by atoms with Crippen LogP contribution in [-0.4, -0.2) is 22.2 Å². The summed E-state index contributed by atoms with van der Waals surface area (Å²) in [5, 5.41) is 2.88. The average molecular weight is 285 g/mol. The second-order valence-electron chi connectivity index (χ2n) is 6.18. The van der Waals surface area contributed by atoms with Gasteiger partial charge < -0.3 is 5.01 Å². The van der Waals surface area contributed by atoms with Crippen molar-refractivity contribution in [3.63, 3.8) is 0 Å². The normalized spacial score (nSPS) is 17.7. The fraction of sp³-hybridized carbons (Fsp3) is 0.529. The summed E-state index contributed by atoms with van der Waals surface area (Å²) in [5.41, 5.74) is 0.873. The van der Waals surface area contributed by atoms with Gasteiger partial charge in [0.05, 0.1) is 23.5 Å². The lowest BCUT2D eigenvalue weighted by Gasteiger charge is -2.17. The fourth-order valence-electron chi connectivity index (χ4n) is 2.86. The third-order valence-corrected chi connectivity index (χ3v) is 4.13. The van der Waals surface area contributed by atoms with E-state index in [1.165, 1.54) is 12.8 Å². The van der Waals surface area contributed by atoms with Crippen molar-refractivity contribution in [3.8, 4) is 0 Å². The number of aromatic nitrogens is 2. The van der Waals surface area contributed by atoms with Crippen molar-refractivity contribution in [1.82, 2.24) is 9.66 Å². The molecule has 0 aliphatic carbocycles. The first-order chi connectivity index (χ1) is 10.1. The number of rotatable bonds is 5. The zero-order valence-corrected chi connectivity index (χ0v) is 13.0. The van der Waals surface area contributed by atoms with E-state index in [9.17, 15) is 4.79 Å². The van der Waals surface area contributed by atoms with Gasteiger partial charge in [-0.2, -0.15) is 0 Å². The standard InChI is InChI=1S/C17H23N3O/c1-4-5-8-13-11-19(13)20-16(12(2)3)18-15-10-7-6-9-14(15)17(20)21/h6-7,9-10,12-13H,4-5,8,11H2,1-3H3. The second kappa shape index (κ2) is 5.51. The molecule has 4 heteroatoms. The molecule has 4 nitrogen and oxygen atoms in total. The van der Waals surface area contributed by atoms with Gasteiger partial charge in [0.1, 0.15) is 5.82 Å². The van der Waals surface area contributed by atoms with Crippen LogP contribution in [0.1, 0.15) is 51.8 Å². The van der Waals surface area contributed by atoms with Gasteiger partial charge in [-0.1, -0.05) is 45.7 Å². The first kappa shape index (κ1) is 14.1. The molecule has 1 aliphatic rings. The highest BCUT2D eigenvalue weighted by molar-refractivity contribution is 5.77. The average Bonchev–Trinajstić information content (AvgIpc) is 3.24. The van der Waals surface area contributed by atoms with Crippen LogP contribution < -0.4 is 10.6 Å². The lowest BCUT2D eigenvalue weighted by atomic mass is 10.2. The van der Waals surface area contributed by atoms with Crippen molar-refractivity contribution < 1.29 is 0 Å². The molecule has 1 aromatic carbocycles. The lowest BCUT2D eigenvalue weighted by Crippen LogP contribution is -2.34. The van der Waals surface area contributed by atoms with Gasteiger partial charge in [0, 0.05) is 5.92 Å². The number of unbranched alkanes of at least 4 members (excludes halogenated alkanes) is 1. The van der Waals surface area contributed by atoms with E-state index in [0.717, 1.165) is 24.3 Å². The minimum absolute atomic E-state index is 0.0725.